The minimum atomic E-state index is -5.08. The quantitative estimate of drug-likeness (QED) is 0.350. The number of ether oxygens (including phenoxy) is 1. The summed E-state index contributed by atoms with van der Waals surface area (Å²) in [6.07, 6.45) is 2.72. The molecule has 2 N–H and O–H groups in total. The molecule has 0 atom stereocenters. The summed E-state index contributed by atoms with van der Waals surface area (Å²) >= 11 is 0. The number of imidazole rings is 2. The summed E-state index contributed by atoms with van der Waals surface area (Å²) in [6, 6.07) is 12.5. The van der Waals surface area contributed by atoms with Crippen LogP contribution in [0.2, 0.25) is 0 Å². The van der Waals surface area contributed by atoms with Crippen molar-refractivity contribution in [2.75, 3.05) is 7.11 Å². The summed E-state index contributed by atoms with van der Waals surface area (Å²) in [5.41, 5.74) is 6.40. The van der Waals surface area contributed by atoms with Crippen LogP contribution in [0.1, 0.15) is 43.4 Å². The Balaban J connectivity index is 0.000000454. The lowest BCUT2D eigenvalue weighted by molar-refractivity contribution is -0.192. The lowest BCUT2D eigenvalue weighted by Gasteiger charge is -2.18. The van der Waals surface area contributed by atoms with E-state index in [-0.39, 0.29) is 5.41 Å². The largest absolute Gasteiger partial charge is 0.495 e. The molecule has 0 aliphatic rings. The van der Waals surface area contributed by atoms with E-state index in [0.717, 1.165) is 39.6 Å². The zero-order valence-electron chi connectivity index (χ0n) is 20.5. The Labute approximate surface area is 206 Å². The van der Waals surface area contributed by atoms with E-state index in [2.05, 4.69) is 60.0 Å². The number of hydrogen-bond acceptors (Lipinski definition) is 4. The third kappa shape index (κ3) is 6.53. The van der Waals surface area contributed by atoms with Crippen molar-refractivity contribution >= 4 is 29.2 Å². The van der Waals surface area contributed by atoms with Crippen LogP contribution in [0.4, 0.5) is 13.2 Å². The highest BCUT2D eigenvalue weighted by atomic mass is 19.4. The number of aromatic nitrogens is 4. The first kappa shape index (κ1) is 26.5. The molecule has 10 heteroatoms. The van der Waals surface area contributed by atoms with Gasteiger partial charge in [0.2, 0.25) is 0 Å². The number of carboxylic acid groups (broad SMARTS) is 1. The van der Waals surface area contributed by atoms with Gasteiger partial charge in [-0.05, 0) is 53.8 Å². The third-order valence-electron chi connectivity index (χ3n) is 5.24. The minimum Gasteiger partial charge on any atom is -0.495 e. The van der Waals surface area contributed by atoms with Crippen LogP contribution in [0.15, 0.2) is 48.9 Å². The van der Waals surface area contributed by atoms with E-state index in [9.17, 15) is 13.2 Å². The highest BCUT2D eigenvalue weighted by molar-refractivity contribution is 5.80. The molecule has 7 nitrogen and oxygen atoms in total. The lowest BCUT2D eigenvalue weighted by atomic mass is 9.87. The third-order valence-corrected chi connectivity index (χ3v) is 5.24. The van der Waals surface area contributed by atoms with Gasteiger partial charge < -0.3 is 19.4 Å². The number of hydrogen-bond donors (Lipinski definition) is 2. The minimum absolute atomic E-state index is 0.112. The molecule has 190 valence electrons. The van der Waals surface area contributed by atoms with Crippen LogP contribution in [0.25, 0.3) is 28.9 Å². The van der Waals surface area contributed by atoms with Crippen molar-refractivity contribution in [2.45, 2.75) is 39.3 Å². The van der Waals surface area contributed by atoms with Gasteiger partial charge in [-0.15, -0.1) is 0 Å². The fourth-order valence-electron chi connectivity index (χ4n) is 3.31. The number of aliphatic carboxylic acids is 1. The number of aromatic amines is 1. The molecule has 0 aliphatic heterocycles. The second-order valence-electron chi connectivity index (χ2n) is 9.09. The highest BCUT2D eigenvalue weighted by Gasteiger charge is 2.38. The number of nitrogens with zero attached hydrogens (tertiary/aromatic N) is 3. The maximum absolute atomic E-state index is 10.6. The zero-order valence-corrected chi connectivity index (χ0v) is 20.5. The molecule has 0 saturated heterocycles. The predicted molar refractivity (Wildman–Crippen MR) is 132 cm³/mol. The summed E-state index contributed by atoms with van der Waals surface area (Å²) < 4.78 is 39.3. The van der Waals surface area contributed by atoms with Crippen LogP contribution in [0.5, 0.6) is 5.75 Å². The molecule has 0 bridgehead atoms. The fraction of sp³-hybridized carbons (Fsp3) is 0.269. The SMILES string of the molecule is COc1cc(C=Cc2nc3ccc(C(C)(C)C)cc3[nH]2)ccc1-n1cnc(C)c1.O=C(O)C(F)(F)F. The smallest absolute Gasteiger partial charge is 0.490 e. The van der Waals surface area contributed by atoms with Gasteiger partial charge in [-0.2, -0.15) is 13.2 Å². The number of alkyl halides is 3. The summed E-state index contributed by atoms with van der Waals surface area (Å²) in [5.74, 6) is -1.13. The number of methoxy groups -OCH3 is 1. The lowest BCUT2D eigenvalue weighted by Crippen LogP contribution is -2.21. The first-order valence-electron chi connectivity index (χ1n) is 11.0. The molecule has 0 radical (unpaired) electrons. The van der Waals surface area contributed by atoms with Gasteiger partial charge in [0.1, 0.15) is 11.6 Å². The van der Waals surface area contributed by atoms with Gasteiger partial charge in [0.15, 0.2) is 0 Å². The molecule has 4 aromatic rings. The number of halogens is 3. The number of fused-ring (bicyclic) bond motifs is 1. The molecule has 2 aromatic carbocycles. The number of rotatable bonds is 4. The molecule has 36 heavy (non-hydrogen) atoms. The standard InChI is InChI=1S/C24H26N4O.C2HF3O2/c1-16-14-28(15-25-16)21-10-6-17(12-22(21)29-5)7-11-23-26-19-9-8-18(24(2,3)4)13-20(19)27-23;3-2(4,5)1(6)7/h6-15H,1-5H3,(H,26,27);(H,6,7). The number of nitrogens with one attached hydrogen (secondary N) is 1. The average molecular weight is 501 g/mol. The molecule has 0 spiro atoms. The molecule has 0 fully saturated rings. The van der Waals surface area contributed by atoms with Crippen molar-refractivity contribution in [1.29, 1.82) is 0 Å². The zero-order chi connectivity index (χ0) is 26.7. The van der Waals surface area contributed by atoms with E-state index in [4.69, 9.17) is 14.6 Å². The topological polar surface area (TPSA) is 93.0 Å². The van der Waals surface area contributed by atoms with Gasteiger partial charge >= 0.3 is 12.1 Å². The second-order valence-corrected chi connectivity index (χ2v) is 9.09. The molecule has 2 heterocycles. The van der Waals surface area contributed by atoms with Crippen LogP contribution in [0, 0.1) is 6.92 Å². The van der Waals surface area contributed by atoms with Crippen molar-refractivity contribution < 1.29 is 27.8 Å². The van der Waals surface area contributed by atoms with Crippen molar-refractivity contribution in [1.82, 2.24) is 19.5 Å². The molecule has 0 aliphatic carbocycles. The Morgan fingerprint density at radius 1 is 1.11 bits per heavy atom. The van der Waals surface area contributed by atoms with Gasteiger partial charge in [0, 0.05) is 6.20 Å². The fourth-order valence-corrected chi connectivity index (χ4v) is 3.31. The average Bonchev–Trinajstić information content (AvgIpc) is 3.41. The van der Waals surface area contributed by atoms with Crippen LogP contribution in [0.3, 0.4) is 0 Å². The summed E-state index contributed by atoms with van der Waals surface area (Å²) in [5, 5.41) is 7.12. The number of H-pyrrole nitrogens is 1. The molecule has 4 rings (SSSR count). The van der Waals surface area contributed by atoms with Gasteiger partial charge in [0.05, 0.1) is 35.9 Å². The van der Waals surface area contributed by atoms with E-state index < -0.39 is 12.1 Å². The number of carbonyl (C=O) groups is 1. The van der Waals surface area contributed by atoms with E-state index in [1.807, 2.05) is 42.0 Å². The normalized spacial score (nSPS) is 12.0. The molecule has 0 amide bonds. The van der Waals surface area contributed by atoms with Gasteiger partial charge in [-0.25, -0.2) is 14.8 Å². The number of aryl methyl sites for hydroxylation is 1. The van der Waals surface area contributed by atoms with Gasteiger partial charge in [0.25, 0.3) is 0 Å². The Hall–Kier alpha value is -4.08. The maximum atomic E-state index is 10.6. The van der Waals surface area contributed by atoms with Crippen molar-refractivity contribution in [3.8, 4) is 11.4 Å². The second kappa shape index (κ2) is 10.3. The van der Waals surface area contributed by atoms with Gasteiger partial charge in [-0.1, -0.05) is 39.0 Å². The summed E-state index contributed by atoms with van der Waals surface area (Å²) in [4.78, 5) is 21.3. The van der Waals surface area contributed by atoms with Crippen LogP contribution in [-0.4, -0.2) is 43.9 Å². The predicted octanol–water partition coefficient (Wildman–Crippen LogP) is 6.17. The molecular formula is C26H27F3N4O3. The summed E-state index contributed by atoms with van der Waals surface area (Å²) in [7, 11) is 1.68. The Morgan fingerprint density at radius 3 is 2.36 bits per heavy atom. The monoisotopic (exact) mass is 500 g/mol. The molecular weight excluding hydrogens is 473 g/mol. The van der Waals surface area contributed by atoms with E-state index >= 15 is 0 Å². The highest BCUT2D eigenvalue weighted by Crippen LogP contribution is 2.27. The van der Waals surface area contributed by atoms with Crippen molar-refractivity contribution in [3.05, 3.63) is 71.6 Å². The van der Waals surface area contributed by atoms with E-state index in [0.29, 0.717) is 0 Å². The molecule has 0 saturated carbocycles. The van der Waals surface area contributed by atoms with E-state index in [1.165, 1.54) is 5.56 Å². The van der Waals surface area contributed by atoms with Crippen molar-refractivity contribution in [3.63, 3.8) is 0 Å². The Morgan fingerprint density at radius 2 is 1.81 bits per heavy atom. The van der Waals surface area contributed by atoms with Crippen LogP contribution >= 0.6 is 0 Å². The van der Waals surface area contributed by atoms with Gasteiger partial charge in [-0.3, -0.25) is 0 Å². The molecule has 2 aromatic heterocycles. The Kier molecular flexibility index (Phi) is 7.57. The summed E-state index contributed by atoms with van der Waals surface area (Å²) in [6.45, 7) is 8.62. The first-order valence-corrected chi connectivity index (χ1v) is 11.0. The Bertz CT molecular complexity index is 1400. The molecule has 0 unspecified atom stereocenters. The van der Waals surface area contributed by atoms with Crippen molar-refractivity contribution in [2.24, 2.45) is 0 Å². The van der Waals surface area contributed by atoms with E-state index in [1.54, 1.807) is 13.4 Å². The van der Waals surface area contributed by atoms with Crippen LogP contribution < -0.4 is 4.74 Å². The first-order chi connectivity index (χ1) is 16.8. The number of carboxylic acids is 1. The maximum Gasteiger partial charge on any atom is 0.490 e. The number of benzene rings is 2. The van der Waals surface area contributed by atoms with Crippen LogP contribution in [-0.2, 0) is 10.2 Å².